The normalized spacial score (nSPS) is 11.1. The van der Waals surface area contributed by atoms with Gasteiger partial charge in [0.05, 0.1) is 18.1 Å². The first kappa shape index (κ1) is 15.8. The first-order chi connectivity index (χ1) is 12.5. The molecule has 4 aromatic rings. The molecule has 0 aliphatic heterocycles. The second-order valence-electron chi connectivity index (χ2n) is 5.90. The van der Waals surface area contributed by atoms with Gasteiger partial charge in [0, 0.05) is 12.7 Å². The zero-order valence-corrected chi connectivity index (χ0v) is 13.7. The summed E-state index contributed by atoms with van der Waals surface area (Å²) in [6, 6.07) is 8.00. The summed E-state index contributed by atoms with van der Waals surface area (Å²) in [6.45, 7) is 2.50. The number of hydrogen-bond acceptors (Lipinski definition) is 5. The number of nitrogens with zero attached hydrogens (tertiary/aromatic N) is 5. The Morgan fingerprint density at radius 3 is 2.73 bits per heavy atom. The number of benzene rings is 1. The van der Waals surface area contributed by atoms with Crippen molar-refractivity contribution in [2.24, 2.45) is 0 Å². The molecule has 9 nitrogen and oxygen atoms in total. The molecular weight excluding hydrogens is 336 g/mol. The predicted octanol–water partition coefficient (Wildman–Crippen LogP) is 1.36. The minimum absolute atomic E-state index is 0.00218. The standard InChI is InChI=1S/C17H14N6O3/c1-10-2-4-11(5-3-10)7-22-9-18-14-13(22)15(24)21-17(20-14)23-8-12(6-19-23)16(25)26/h2-6,8-9H,7H2,1H3,(H,25,26)(H,20,21,24). The number of H-pyrrole nitrogens is 1. The highest BCUT2D eigenvalue weighted by molar-refractivity contribution is 5.86. The minimum atomic E-state index is -1.11. The van der Waals surface area contributed by atoms with Gasteiger partial charge in [-0.1, -0.05) is 29.8 Å². The Balaban J connectivity index is 1.74. The second kappa shape index (κ2) is 5.96. The molecule has 1 aromatic carbocycles. The molecule has 9 heteroatoms. The molecule has 0 spiro atoms. The topological polar surface area (TPSA) is 119 Å². The van der Waals surface area contributed by atoms with Crippen LogP contribution in [0.25, 0.3) is 17.1 Å². The number of imidazole rings is 1. The van der Waals surface area contributed by atoms with E-state index in [1.807, 2.05) is 31.2 Å². The summed E-state index contributed by atoms with van der Waals surface area (Å²) in [4.78, 5) is 34.6. The average Bonchev–Trinajstić information content (AvgIpc) is 3.25. The number of aromatic nitrogens is 6. The van der Waals surface area contributed by atoms with Crippen LogP contribution in [0.4, 0.5) is 0 Å². The fourth-order valence-corrected chi connectivity index (χ4v) is 2.64. The molecule has 0 saturated carbocycles. The van der Waals surface area contributed by atoms with Crippen molar-refractivity contribution < 1.29 is 9.90 Å². The highest BCUT2D eigenvalue weighted by Gasteiger charge is 2.14. The van der Waals surface area contributed by atoms with Crippen molar-refractivity contribution in [1.29, 1.82) is 0 Å². The van der Waals surface area contributed by atoms with Gasteiger partial charge in [0.1, 0.15) is 0 Å². The number of aromatic carboxylic acids is 1. The SMILES string of the molecule is Cc1ccc(Cn2cnc3nc(-n4cc(C(=O)O)cn4)[nH]c(=O)c32)cc1. The third kappa shape index (κ3) is 2.75. The Morgan fingerprint density at radius 1 is 1.27 bits per heavy atom. The maximum atomic E-state index is 12.5. The van der Waals surface area contributed by atoms with Gasteiger partial charge in [-0.15, -0.1) is 0 Å². The summed E-state index contributed by atoms with van der Waals surface area (Å²) in [6.07, 6.45) is 4.01. The molecule has 3 aromatic heterocycles. The number of carboxylic acid groups (broad SMARTS) is 1. The lowest BCUT2D eigenvalue weighted by Crippen LogP contribution is -2.16. The molecule has 0 radical (unpaired) electrons. The van der Waals surface area contributed by atoms with E-state index in [1.54, 1.807) is 10.9 Å². The van der Waals surface area contributed by atoms with Crippen molar-refractivity contribution in [2.75, 3.05) is 0 Å². The van der Waals surface area contributed by atoms with Gasteiger partial charge in [0.15, 0.2) is 11.2 Å². The van der Waals surface area contributed by atoms with E-state index in [-0.39, 0.29) is 22.7 Å². The molecule has 26 heavy (non-hydrogen) atoms. The van der Waals surface area contributed by atoms with Crippen LogP contribution in [0, 0.1) is 6.92 Å². The molecule has 0 saturated heterocycles. The Morgan fingerprint density at radius 2 is 2.04 bits per heavy atom. The van der Waals surface area contributed by atoms with E-state index in [4.69, 9.17) is 5.11 Å². The Kier molecular flexibility index (Phi) is 3.61. The number of carbonyl (C=O) groups is 1. The first-order valence-electron chi connectivity index (χ1n) is 7.80. The molecule has 0 atom stereocenters. The third-order valence-corrected chi connectivity index (χ3v) is 3.99. The summed E-state index contributed by atoms with van der Waals surface area (Å²) in [5, 5.41) is 12.9. The molecule has 0 bridgehead atoms. The van der Waals surface area contributed by atoms with E-state index >= 15 is 0 Å². The molecule has 4 rings (SSSR count). The zero-order chi connectivity index (χ0) is 18.3. The van der Waals surface area contributed by atoms with Gasteiger partial charge in [-0.25, -0.2) is 14.5 Å². The van der Waals surface area contributed by atoms with Gasteiger partial charge in [-0.3, -0.25) is 9.78 Å². The van der Waals surface area contributed by atoms with Crippen LogP contribution in [0.3, 0.4) is 0 Å². The van der Waals surface area contributed by atoms with Crippen LogP contribution in [-0.2, 0) is 6.54 Å². The number of fused-ring (bicyclic) bond motifs is 1. The fourth-order valence-electron chi connectivity index (χ4n) is 2.64. The monoisotopic (exact) mass is 350 g/mol. The summed E-state index contributed by atoms with van der Waals surface area (Å²) in [7, 11) is 0. The van der Waals surface area contributed by atoms with E-state index in [0.717, 1.165) is 11.1 Å². The molecule has 130 valence electrons. The summed E-state index contributed by atoms with van der Waals surface area (Å²) in [5.41, 5.74) is 2.44. The van der Waals surface area contributed by atoms with Crippen molar-refractivity contribution in [2.45, 2.75) is 13.5 Å². The van der Waals surface area contributed by atoms with Crippen LogP contribution in [0.2, 0.25) is 0 Å². The first-order valence-corrected chi connectivity index (χ1v) is 7.80. The number of aryl methyl sites for hydroxylation is 1. The predicted molar refractivity (Wildman–Crippen MR) is 92.5 cm³/mol. The Labute approximate surface area is 146 Å². The summed E-state index contributed by atoms with van der Waals surface area (Å²) in [5.74, 6) is -1.00. The minimum Gasteiger partial charge on any atom is -0.478 e. The largest absolute Gasteiger partial charge is 0.478 e. The number of hydrogen-bond donors (Lipinski definition) is 2. The maximum absolute atomic E-state index is 12.5. The molecular formula is C17H14N6O3. The quantitative estimate of drug-likeness (QED) is 0.574. The molecule has 2 N–H and O–H groups in total. The van der Waals surface area contributed by atoms with Gasteiger partial charge in [0.25, 0.3) is 5.56 Å². The second-order valence-corrected chi connectivity index (χ2v) is 5.90. The zero-order valence-electron chi connectivity index (χ0n) is 13.7. The van der Waals surface area contributed by atoms with E-state index in [1.165, 1.54) is 17.1 Å². The van der Waals surface area contributed by atoms with Crippen molar-refractivity contribution in [3.8, 4) is 5.95 Å². The van der Waals surface area contributed by atoms with Gasteiger partial charge in [-0.2, -0.15) is 10.1 Å². The molecule has 0 aliphatic rings. The Bertz CT molecular complexity index is 1170. The number of nitrogens with one attached hydrogen (secondary N) is 1. The van der Waals surface area contributed by atoms with Crippen molar-refractivity contribution in [1.82, 2.24) is 29.3 Å². The van der Waals surface area contributed by atoms with E-state index in [0.29, 0.717) is 12.1 Å². The number of rotatable bonds is 4. The molecule has 3 heterocycles. The van der Waals surface area contributed by atoms with Gasteiger partial charge in [-0.05, 0) is 12.5 Å². The fraction of sp³-hybridized carbons (Fsp3) is 0.118. The number of carboxylic acids is 1. The van der Waals surface area contributed by atoms with Crippen molar-refractivity contribution in [3.63, 3.8) is 0 Å². The molecule has 0 unspecified atom stereocenters. The van der Waals surface area contributed by atoms with Gasteiger partial charge < -0.3 is 9.67 Å². The lowest BCUT2D eigenvalue weighted by atomic mass is 10.1. The van der Waals surface area contributed by atoms with Crippen LogP contribution in [-0.4, -0.2) is 40.4 Å². The van der Waals surface area contributed by atoms with Crippen LogP contribution in [0.15, 0.2) is 47.8 Å². The summed E-state index contributed by atoms with van der Waals surface area (Å²) >= 11 is 0. The van der Waals surface area contributed by atoms with E-state index in [9.17, 15) is 9.59 Å². The van der Waals surface area contributed by atoms with E-state index < -0.39 is 5.97 Å². The van der Waals surface area contributed by atoms with Crippen LogP contribution >= 0.6 is 0 Å². The lowest BCUT2D eigenvalue weighted by molar-refractivity contribution is 0.0697. The van der Waals surface area contributed by atoms with Crippen molar-refractivity contribution >= 4 is 17.1 Å². The smallest absolute Gasteiger partial charge is 0.338 e. The van der Waals surface area contributed by atoms with E-state index in [2.05, 4.69) is 20.1 Å². The Hall–Kier alpha value is -3.75. The highest BCUT2D eigenvalue weighted by atomic mass is 16.4. The molecule has 0 fully saturated rings. The van der Waals surface area contributed by atoms with Crippen molar-refractivity contribution in [3.05, 3.63) is 70.0 Å². The highest BCUT2D eigenvalue weighted by Crippen LogP contribution is 2.12. The maximum Gasteiger partial charge on any atom is 0.338 e. The van der Waals surface area contributed by atoms with Gasteiger partial charge >= 0.3 is 5.97 Å². The van der Waals surface area contributed by atoms with Gasteiger partial charge in [0.2, 0.25) is 5.95 Å². The van der Waals surface area contributed by atoms with Crippen LogP contribution in [0.1, 0.15) is 21.5 Å². The molecule has 0 aliphatic carbocycles. The number of aromatic amines is 1. The van der Waals surface area contributed by atoms with Crippen LogP contribution in [0.5, 0.6) is 0 Å². The summed E-state index contributed by atoms with van der Waals surface area (Å²) < 4.78 is 2.92. The lowest BCUT2D eigenvalue weighted by Gasteiger charge is -2.05. The van der Waals surface area contributed by atoms with Crippen LogP contribution < -0.4 is 5.56 Å². The third-order valence-electron chi connectivity index (χ3n) is 3.99. The molecule has 0 amide bonds. The average molecular weight is 350 g/mol.